The SMILES string of the molecule is CC(=O)Nc1ccc(C(=O)CSc2nnnn2-c2ccccc2C)cc1. The highest BCUT2D eigenvalue weighted by molar-refractivity contribution is 7.99. The van der Waals surface area contributed by atoms with Crippen LogP contribution >= 0.6 is 11.8 Å². The van der Waals surface area contributed by atoms with Gasteiger partial charge in [0.05, 0.1) is 11.4 Å². The Balaban J connectivity index is 1.68. The number of ketones is 1. The highest BCUT2D eigenvalue weighted by Gasteiger charge is 2.14. The van der Waals surface area contributed by atoms with Crippen molar-refractivity contribution in [2.75, 3.05) is 11.1 Å². The van der Waals surface area contributed by atoms with Crippen LogP contribution in [0, 0.1) is 6.92 Å². The van der Waals surface area contributed by atoms with Gasteiger partial charge in [0.2, 0.25) is 11.1 Å². The van der Waals surface area contributed by atoms with Gasteiger partial charge in [-0.15, -0.1) is 5.10 Å². The number of thioether (sulfide) groups is 1. The van der Waals surface area contributed by atoms with Crippen LogP contribution in [0.4, 0.5) is 5.69 Å². The van der Waals surface area contributed by atoms with E-state index >= 15 is 0 Å². The van der Waals surface area contributed by atoms with Gasteiger partial charge in [0.1, 0.15) is 0 Å². The van der Waals surface area contributed by atoms with Crippen LogP contribution in [0.25, 0.3) is 5.69 Å². The fourth-order valence-electron chi connectivity index (χ4n) is 2.38. The first-order valence-corrected chi connectivity index (χ1v) is 8.91. The summed E-state index contributed by atoms with van der Waals surface area (Å²) in [5.41, 5.74) is 3.15. The maximum Gasteiger partial charge on any atom is 0.221 e. The molecule has 1 heterocycles. The van der Waals surface area contributed by atoms with E-state index in [1.165, 1.54) is 18.7 Å². The summed E-state index contributed by atoms with van der Waals surface area (Å²) >= 11 is 1.28. The van der Waals surface area contributed by atoms with Gasteiger partial charge >= 0.3 is 0 Å². The fraction of sp³-hybridized carbons (Fsp3) is 0.167. The van der Waals surface area contributed by atoms with Crippen LogP contribution in [-0.2, 0) is 4.79 Å². The first-order chi connectivity index (χ1) is 12.5. The largest absolute Gasteiger partial charge is 0.326 e. The van der Waals surface area contributed by atoms with Gasteiger partial charge in [-0.2, -0.15) is 4.68 Å². The summed E-state index contributed by atoms with van der Waals surface area (Å²) in [6, 6.07) is 14.6. The maximum atomic E-state index is 12.4. The average molecular weight is 367 g/mol. The summed E-state index contributed by atoms with van der Waals surface area (Å²) in [5.74, 6) is 0.0255. The average Bonchev–Trinajstić information content (AvgIpc) is 3.08. The molecular formula is C18H17N5O2S. The second-order valence-corrected chi connectivity index (χ2v) is 6.57. The van der Waals surface area contributed by atoms with Crippen molar-refractivity contribution in [1.82, 2.24) is 20.2 Å². The summed E-state index contributed by atoms with van der Waals surface area (Å²) in [7, 11) is 0. The number of aryl methyl sites for hydroxylation is 1. The van der Waals surface area contributed by atoms with Gasteiger partial charge in [0, 0.05) is 18.2 Å². The van der Waals surface area contributed by atoms with E-state index in [1.54, 1.807) is 28.9 Å². The molecule has 7 nitrogen and oxygen atoms in total. The third kappa shape index (κ3) is 4.15. The molecule has 8 heteroatoms. The van der Waals surface area contributed by atoms with Gasteiger partial charge in [0.15, 0.2) is 5.78 Å². The molecule has 1 N–H and O–H groups in total. The second kappa shape index (κ2) is 7.92. The number of rotatable bonds is 6. The van der Waals surface area contributed by atoms with E-state index in [9.17, 15) is 9.59 Å². The Kier molecular flexibility index (Phi) is 5.43. The number of aromatic nitrogens is 4. The number of para-hydroxylation sites is 1. The molecule has 0 spiro atoms. The van der Waals surface area contributed by atoms with Gasteiger partial charge in [0.25, 0.3) is 0 Å². The maximum absolute atomic E-state index is 12.4. The Morgan fingerprint density at radius 1 is 1.12 bits per heavy atom. The number of hydrogen-bond acceptors (Lipinski definition) is 6. The first kappa shape index (κ1) is 17.8. The molecule has 1 amide bonds. The van der Waals surface area contributed by atoms with Gasteiger partial charge in [-0.25, -0.2) is 0 Å². The summed E-state index contributed by atoms with van der Waals surface area (Å²) in [6.07, 6.45) is 0. The zero-order valence-corrected chi connectivity index (χ0v) is 15.2. The predicted octanol–water partition coefficient (Wildman–Crippen LogP) is 2.90. The zero-order chi connectivity index (χ0) is 18.5. The Labute approximate surface area is 154 Å². The monoisotopic (exact) mass is 367 g/mol. The Morgan fingerprint density at radius 2 is 1.85 bits per heavy atom. The van der Waals surface area contributed by atoms with Crippen molar-refractivity contribution in [3.63, 3.8) is 0 Å². The highest BCUT2D eigenvalue weighted by atomic mass is 32.2. The van der Waals surface area contributed by atoms with Crippen LogP contribution in [-0.4, -0.2) is 37.7 Å². The van der Waals surface area contributed by atoms with Crippen LogP contribution in [0.1, 0.15) is 22.8 Å². The number of hydrogen-bond donors (Lipinski definition) is 1. The van der Waals surface area contributed by atoms with Crippen LogP contribution in [0.5, 0.6) is 0 Å². The Morgan fingerprint density at radius 3 is 2.54 bits per heavy atom. The summed E-state index contributed by atoms with van der Waals surface area (Å²) in [6.45, 7) is 3.42. The van der Waals surface area contributed by atoms with E-state index in [-0.39, 0.29) is 17.4 Å². The molecule has 3 aromatic rings. The number of tetrazole rings is 1. The Bertz CT molecular complexity index is 937. The quantitative estimate of drug-likeness (QED) is 0.532. The van der Waals surface area contributed by atoms with Crippen molar-refractivity contribution in [2.24, 2.45) is 0 Å². The van der Waals surface area contributed by atoms with Crippen molar-refractivity contribution in [2.45, 2.75) is 19.0 Å². The van der Waals surface area contributed by atoms with E-state index < -0.39 is 0 Å². The molecule has 0 aliphatic carbocycles. The van der Waals surface area contributed by atoms with E-state index in [4.69, 9.17) is 0 Å². The summed E-state index contributed by atoms with van der Waals surface area (Å²) in [5, 5.41) is 15.0. The summed E-state index contributed by atoms with van der Waals surface area (Å²) < 4.78 is 1.63. The highest BCUT2D eigenvalue weighted by Crippen LogP contribution is 2.21. The Hall–Kier alpha value is -3.00. The molecule has 0 fully saturated rings. The second-order valence-electron chi connectivity index (χ2n) is 5.63. The van der Waals surface area contributed by atoms with E-state index in [1.807, 2.05) is 31.2 Å². The molecule has 132 valence electrons. The minimum Gasteiger partial charge on any atom is -0.326 e. The molecule has 0 atom stereocenters. The number of nitrogens with one attached hydrogen (secondary N) is 1. The zero-order valence-electron chi connectivity index (χ0n) is 14.3. The fourth-order valence-corrected chi connectivity index (χ4v) is 3.16. The molecule has 0 aliphatic heterocycles. The predicted molar refractivity (Wildman–Crippen MR) is 99.7 cm³/mol. The lowest BCUT2D eigenvalue weighted by atomic mass is 10.1. The lowest BCUT2D eigenvalue weighted by Gasteiger charge is -2.07. The molecule has 26 heavy (non-hydrogen) atoms. The van der Waals surface area contributed by atoms with Gasteiger partial charge in [-0.3, -0.25) is 9.59 Å². The number of benzene rings is 2. The lowest BCUT2D eigenvalue weighted by molar-refractivity contribution is -0.114. The number of Topliss-reactive ketones (excluding diaryl/α,β-unsaturated/α-hetero) is 1. The standard InChI is InChI=1S/C18H17N5O2S/c1-12-5-3-4-6-16(12)23-18(20-21-22-23)26-11-17(25)14-7-9-15(10-8-14)19-13(2)24/h3-10H,11H2,1-2H3,(H,19,24). The molecule has 0 aliphatic rings. The molecule has 1 aromatic heterocycles. The normalized spacial score (nSPS) is 10.5. The van der Waals surface area contributed by atoms with Crippen LogP contribution in [0.15, 0.2) is 53.7 Å². The molecular weight excluding hydrogens is 350 g/mol. The van der Waals surface area contributed by atoms with Crippen LogP contribution in [0.3, 0.4) is 0 Å². The van der Waals surface area contributed by atoms with Crippen molar-refractivity contribution >= 4 is 29.1 Å². The summed E-state index contributed by atoms with van der Waals surface area (Å²) in [4.78, 5) is 23.4. The van der Waals surface area contributed by atoms with E-state index in [0.717, 1.165) is 11.3 Å². The molecule has 0 radical (unpaired) electrons. The number of nitrogens with zero attached hydrogens (tertiary/aromatic N) is 4. The third-order valence-corrected chi connectivity index (χ3v) is 4.56. The topological polar surface area (TPSA) is 89.8 Å². The van der Waals surface area contributed by atoms with Crippen molar-refractivity contribution in [3.8, 4) is 5.69 Å². The van der Waals surface area contributed by atoms with Crippen LogP contribution in [0.2, 0.25) is 0 Å². The smallest absolute Gasteiger partial charge is 0.221 e. The molecule has 2 aromatic carbocycles. The van der Waals surface area contributed by atoms with Gasteiger partial charge in [-0.05, 0) is 53.2 Å². The van der Waals surface area contributed by atoms with Crippen molar-refractivity contribution < 1.29 is 9.59 Å². The number of amides is 1. The minimum absolute atomic E-state index is 0.0382. The van der Waals surface area contributed by atoms with Gasteiger partial charge in [-0.1, -0.05) is 30.0 Å². The molecule has 0 unspecified atom stereocenters. The van der Waals surface area contributed by atoms with Crippen LogP contribution < -0.4 is 5.32 Å². The molecule has 0 saturated carbocycles. The number of anilines is 1. The van der Waals surface area contributed by atoms with E-state index in [2.05, 4.69) is 20.8 Å². The first-order valence-electron chi connectivity index (χ1n) is 7.92. The third-order valence-electron chi connectivity index (χ3n) is 3.64. The molecule has 3 rings (SSSR count). The number of carbonyl (C=O) groups excluding carboxylic acids is 2. The lowest BCUT2D eigenvalue weighted by Crippen LogP contribution is -2.07. The molecule has 0 bridgehead atoms. The van der Waals surface area contributed by atoms with Gasteiger partial charge < -0.3 is 5.32 Å². The molecule has 0 saturated heterocycles. The van der Waals surface area contributed by atoms with Crippen molar-refractivity contribution in [3.05, 3.63) is 59.7 Å². The minimum atomic E-state index is -0.150. The number of carbonyl (C=O) groups is 2. The van der Waals surface area contributed by atoms with Crippen molar-refractivity contribution in [1.29, 1.82) is 0 Å². The van der Waals surface area contributed by atoms with E-state index in [0.29, 0.717) is 16.4 Å².